The van der Waals surface area contributed by atoms with Gasteiger partial charge in [-0.2, -0.15) is 0 Å². The second-order valence-electron chi connectivity index (χ2n) is 9.43. The highest BCUT2D eigenvalue weighted by atomic mass is 16.3. The second-order valence-corrected chi connectivity index (χ2v) is 9.43. The third-order valence-corrected chi connectivity index (χ3v) is 8.45. The topological polar surface area (TPSA) is 80.9 Å². The van der Waals surface area contributed by atoms with Gasteiger partial charge in [0.2, 0.25) is 0 Å². The van der Waals surface area contributed by atoms with Crippen LogP contribution in [-0.4, -0.2) is 44.3 Å². The van der Waals surface area contributed by atoms with Crippen molar-refractivity contribution in [2.24, 2.45) is 28.6 Å². The van der Waals surface area contributed by atoms with Gasteiger partial charge in [0, 0.05) is 5.41 Å². The van der Waals surface area contributed by atoms with Gasteiger partial charge < -0.3 is 20.4 Å². The number of fused-ring (bicyclic) bond motifs is 5. The Morgan fingerprint density at radius 1 is 1.24 bits per heavy atom. The molecular formula is C21H30O4. The summed E-state index contributed by atoms with van der Waals surface area (Å²) in [5.74, 6) is 2.86. The highest BCUT2D eigenvalue weighted by molar-refractivity contribution is 5.31. The molecule has 0 radical (unpaired) electrons. The summed E-state index contributed by atoms with van der Waals surface area (Å²) in [7, 11) is 0. The molecule has 0 saturated heterocycles. The highest BCUT2D eigenvalue weighted by Crippen LogP contribution is 2.66. The van der Waals surface area contributed by atoms with Crippen LogP contribution >= 0.6 is 0 Å². The number of aliphatic hydroxyl groups excluding tert-OH is 3. The Kier molecular flexibility index (Phi) is 3.74. The fraction of sp³-hybridized carbons (Fsp3) is 0.810. The maximum Gasteiger partial charge on any atom is 0.156 e. The van der Waals surface area contributed by atoms with Gasteiger partial charge in [-0.25, -0.2) is 0 Å². The maximum absolute atomic E-state index is 11.1. The summed E-state index contributed by atoms with van der Waals surface area (Å²) in [5.41, 5.74) is -1.07. The van der Waals surface area contributed by atoms with Gasteiger partial charge in [-0.05, 0) is 61.7 Å². The van der Waals surface area contributed by atoms with Gasteiger partial charge >= 0.3 is 0 Å². The van der Waals surface area contributed by atoms with Crippen molar-refractivity contribution in [3.63, 3.8) is 0 Å². The Balaban J connectivity index is 1.77. The molecule has 0 amide bonds. The average molecular weight is 346 g/mol. The minimum Gasteiger partial charge on any atom is -0.393 e. The second kappa shape index (κ2) is 5.33. The van der Waals surface area contributed by atoms with Crippen LogP contribution in [0.2, 0.25) is 0 Å². The third kappa shape index (κ3) is 2.04. The molecule has 0 heterocycles. The molecule has 25 heavy (non-hydrogen) atoms. The summed E-state index contributed by atoms with van der Waals surface area (Å²) in [6.45, 7) is 4.17. The molecule has 138 valence electrons. The molecule has 4 heteroatoms. The van der Waals surface area contributed by atoms with Crippen molar-refractivity contribution in [3.05, 3.63) is 11.6 Å². The standard InChI is InChI=1S/C21H30O4/c1-4-21(25)17(24)10-15-14-6-5-12-9-13(22)7-8-19(12,2)18(14)16(23)11-20(15,21)3/h1,5,13-18,22-25H,6-11H2,2-3H3/t13-,14-,15-,16-,17-,18+,19-,20-,21+/m0/s1. The molecule has 0 aromatic carbocycles. The zero-order valence-electron chi connectivity index (χ0n) is 15.2. The Labute approximate surface area is 150 Å². The van der Waals surface area contributed by atoms with E-state index in [2.05, 4.69) is 18.9 Å². The van der Waals surface area contributed by atoms with Crippen LogP contribution < -0.4 is 0 Å². The Hall–Kier alpha value is -0.860. The van der Waals surface area contributed by atoms with Crippen molar-refractivity contribution in [2.75, 3.05) is 0 Å². The first-order valence-corrected chi connectivity index (χ1v) is 9.61. The smallest absolute Gasteiger partial charge is 0.156 e. The van der Waals surface area contributed by atoms with E-state index in [1.807, 2.05) is 6.92 Å². The minimum atomic E-state index is -1.57. The number of hydrogen-bond donors (Lipinski definition) is 4. The van der Waals surface area contributed by atoms with Crippen LogP contribution in [0.4, 0.5) is 0 Å². The van der Waals surface area contributed by atoms with E-state index in [1.165, 1.54) is 5.57 Å². The molecule has 0 aliphatic heterocycles. The summed E-state index contributed by atoms with van der Waals surface area (Å²) < 4.78 is 0. The van der Waals surface area contributed by atoms with E-state index in [-0.39, 0.29) is 29.3 Å². The van der Waals surface area contributed by atoms with Crippen LogP contribution in [0.15, 0.2) is 11.6 Å². The van der Waals surface area contributed by atoms with Crippen molar-refractivity contribution in [3.8, 4) is 12.3 Å². The largest absolute Gasteiger partial charge is 0.393 e. The summed E-state index contributed by atoms with van der Waals surface area (Å²) in [4.78, 5) is 0. The molecule has 0 aromatic rings. The summed E-state index contributed by atoms with van der Waals surface area (Å²) in [6.07, 6.45) is 10.2. The maximum atomic E-state index is 11.1. The number of hydrogen-bond acceptors (Lipinski definition) is 4. The van der Waals surface area contributed by atoms with Gasteiger partial charge in [-0.3, -0.25) is 0 Å². The third-order valence-electron chi connectivity index (χ3n) is 8.45. The lowest BCUT2D eigenvalue weighted by Gasteiger charge is -2.60. The molecule has 4 rings (SSSR count). The van der Waals surface area contributed by atoms with Gasteiger partial charge in [-0.15, -0.1) is 6.42 Å². The molecular weight excluding hydrogens is 316 g/mol. The lowest BCUT2D eigenvalue weighted by Crippen LogP contribution is -2.60. The minimum absolute atomic E-state index is 0.0958. The molecule has 9 atom stereocenters. The van der Waals surface area contributed by atoms with Gasteiger partial charge in [-0.1, -0.05) is 31.4 Å². The lowest BCUT2D eigenvalue weighted by molar-refractivity contribution is -0.160. The monoisotopic (exact) mass is 346 g/mol. The van der Waals surface area contributed by atoms with Crippen LogP contribution in [0.1, 0.15) is 52.4 Å². The normalized spacial score (nSPS) is 57.7. The van der Waals surface area contributed by atoms with Crippen LogP contribution in [0.5, 0.6) is 0 Å². The zero-order valence-corrected chi connectivity index (χ0v) is 15.2. The van der Waals surface area contributed by atoms with Crippen molar-refractivity contribution in [2.45, 2.75) is 76.3 Å². The van der Waals surface area contributed by atoms with Gasteiger partial charge in [0.1, 0.15) is 0 Å². The average Bonchev–Trinajstić information content (AvgIpc) is 2.76. The number of allylic oxidation sites excluding steroid dienone is 1. The van der Waals surface area contributed by atoms with Crippen molar-refractivity contribution >= 4 is 0 Å². The fourth-order valence-corrected chi connectivity index (χ4v) is 7.05. The molecule has 0 spiro atoms. The first-order valence-electron chi connectivity index (χ1n) is 9.61. The van der Waals surface area contributed by atoms with Crippen LogP contribution in [0, 0.1) is 40.9 Å². The Morgan fingerprint density at radius 3 is 2.64 bits per heavy atom. The molecule has 4 aliphatic rings. The van der Waals surface area contributed by atoms with E-state index in [4.69, 9.17) is 6.42 Å². The number of terminal acetylenes is 1. The predicted octanol–water partition coefficient (Wildman–Crippen LogP) is 1.62. The van der Waals surface area contributed by atoms with Crippen molar-refractivity contribution in [1.82, 2.24) is 0 Å². The molecule has 0 bridgehead atoms. The van der Waals surface area contributed by atoms with Crippen molar-refractivity contribution in [1.29, 1.82) is 0 Å². The molecule has 3 fully saturated rings. The van der Waals surface area contributed by atoms with Gasteiger partial charge in [0.25, 0.3) is 0 Å². The van der Waals surface area contributed by atoms with E-state index >= 15 is 0 Å². The van der Waals surface area contributed by atoms with Crippen molar-refractivity contribution < 1.29 is 20.4 Å². The van der Waals surface area contributed by atoms with E-state index in [0.717, 1.165) is 19.3 Å². The predicted molar refractivity (Wildman–Crippen MR) is 94.3 cm³/mol. The van der Waals surface area contributed by atoms with Crippen LogP contribution in [0.3, 0.4) is 0 Å². The number of aliphatic hydroxyl groups is 4. The molecule has 0 aromatic heterocycles. The van der Waals surface area contributed by atoms with E-state index < -0.39 is 23.2 Å². The summed E-state index contributed by atoms with van der Waals surface area (Å²) in [5, 5.41) is 42.8. The molecule has 4 N–H and O–H groups in total. The van der Waals surface area contributed by atoms with Crippen LogP contribution in [-0.2, 0) is 0 Å². The van der Waals surface area contributed by atoms with Gasteiger partial charge in [0.05, 0.1) is 18.3 Å². The van der Waals surface area contributed by atoms with Gasteiger partial charge in [0.15, 0.2) is 5.60 Å². The fourth-order valence-electron chi connectivity index (χ4n) is 7.05. The quantitative estimate of drug-likeness (QED) is 0.397. The first-order chi connectivity index (χ1) is 11.7. The lowest BCUT2D eigenvalue weighted by atomic mass is 9.46. The van der Waals surface area contributed by atoms with E-state index in [0.29, 0.717) is 19.3 Å². The Morgan fingerprint density at radius 2 is 1.96 bits per heavy atom. The molecule has 3 saturated carbocycles. The first kappa shape index (κ1) is 17.5. The highest BCUT2D eigenvalue weighted by Gasteiger charge is 2.68. The Bertz CT molecular complexity index is 651. The summed E-state index contributed by atoms with van der Waals surface area (Å²) >= 11 is 0. The summed E-state index contributed by atoms with van der Waals surface area (Å²) in [6, 6.07) is 0. The van der Waals surface area contributed by atoms with E-state index in [1.54, 1.807) is 0 Å². The zero-order chi connectivity index (χ0) is 18.2. The van der Waals surface area contributed by atoms with Crippen LogP contribution in [0.25, 0.3) is 0 Å². The molecule has 0 unspecified atom stereocenters. The SMILES string of the molecule is C#C[C@@]1(O)[C@@H](O)C[C@H]2[C@@H]3CC=C4C[C@@H](O)CC[C@]4(C)[C@H]3[C@@H](O)C[C@@]21C. The molecule has 4 aliphatic carbocycles. The molecule has 4 nitrogen and oxygen atoms in total. The van der Waals surface area contributed by atoms with E-state index in [9.17, 15) is 20.4 Å². The number of rotatable bonds is 0.